The Morgan fingerprint density at radius 1 is 1.55 bits per heavy atom. The van der Waals surface area contributed by atoms with E-state index in [0.29, 0.717) is 6.42 Å². The first kappa shape index (κ1) is 8.36. The zero-order valence-electron chi connectivity index (χ0n) is 6.39. The van der Waals surface area contributed by atoms with E-state index in [9.17, 15) is 0 Å². The van der Waals surface area contributed by atoms with Crippen molar-refractivity contribution >= 4 is 15.9 Å². The van der Waals surface area contributed by atoms with Crippen molar-refractivity contribution in [2.24, 2.45) is 0 Å². The summed E-state index contributed by atoms with van der Waals surface area (Å²) in [6.07, 6.45) is 5.91. The Morgan fingerprint density at radius 3 is 2.91 bits per heavy atom. The van der Waals surface area contributed by atoms with Crippen LogP contribution in [0.2, 0.25) is 0 Å². The van der Waals surface area contributed by atoms with Gasteiger partial charge < -0.3 is 0 Å². The lowest BCUT2D eigenvalue weighted by atomic mass is 10.1. The summed E-state index contributed by atoms with van der Waals surface area (Å²) in [6, 6.07) is 6.19. The predicted molar refractivity (Wildman–Crippen MR) is 51.4 cm³/mol. The van der Waals surface area contributed by atoms with E-state index >= 15 is 0 Å². The highest BCUT2D eigenvalue weighted by Crippen LogP contribution is 2.17. The Bertz CT molecular complexity index is 294. The van der Waals surface area contributed by atoms with Gasteiger partial charge in [-0.1, -0.05) is 33.6 Å². The van der Waals surface area contributed by atoms with Crippen LogP contribution in [0.15, 0.2) is 22.7 Å². The number of rotatable bonds is 1. The van der Waals surface area contributed by atoms with Gasteiger partial charge in [-0.15, -0.1) is 12.3 Å². The molecule has 0 bridgehead atoms. The molecule has 0 spiro atoms. The van der Waals surface area contributed by atoms with Gasteiger partial charge in [-0.2, -0.15) is 0 Å². The SMILES string of the molecule is C#CCc1cc(C)ccc1Br. The van der Waals surface area contributed by atoms with Crippen molar-refractivity contribution in [3.05, 3.63) is 33.8 Å². The fourth-order valence-corrected chi connectivity index (χ4v) is 1.34. The smallest absolute Gasteiger partial charge is 0.0349 e. The van der Waals surface area contributed by atoms with Crippen LogP contribution in [0.25, 0.3) is 0 Å². The lowest BCUT2D eigenvalue weighted by Crippen LogP contribution is -1.84. The molecule has 56 valence electrons. The minimum Gasteiger partial charge on any atom is -0.120 e. The van der Waals surface area contributed by atoms with Crippen LogP contribution in [0.5, 0.6) is 0 Å². The van der Waals surface area contributed by atoms with Crippen molar-refractivity contribution in [1.82, 2.24) is 0 Å². The molecular weight excluding hydrogens is 200 g/mol. The molecule has 0 nitrogen and oxygen atoms in total. The molecule has 0 aliphatic rings. The van der Waals surface area contributed by atoms with Crippen LogP contribution in [0.1, 0.15) is 11.1 Å². The summed E-state index contributed by atoms with van der Waals surface area (Å²) < 4.78 is 1.10. The largest absolute Gasteiger partial charge is 0.120 e. The Labute approximate surface area is 75.8 Å². The molecule has 0 saturated carbocycles. The van der Waals surface area contributed by atoms with Crippen LogP contribution in [-0.4, -0.2) is 0 Å². The van der Waals surface area contributed by atoms with E-state index in [-0.39, 0.29) is 0 Å². The number of terminal acetylenes is 1. The zero-order chi connectivity index (χ0) is 8.27. The Morgan fingerprint density at radius 2 is 2.27 bits per heavy atom. The Balaban J connectivity index is 3.05. The van der Waals surface area contributed by atoms with Gasteiger partial charge in [-0.25, -0.2) is 0 Å². The van der Waals surface area contributed by atoms with Gasteiger partial charge in [0.05, 0.1) is 0 Å². The second-order valence-electron chi connectivity index (χ2n) is 2.48. The van der Waals surface area contributed by atoms with Gasteiger partial charge in [-0.3, -0.25) is 0 Å². The third-order valence-electron chi connectivity index (χ3n) is 1.49. The van der Waals surface area contributed by atoms with Crippen LogP contribution in [-0.2, 0) is 6.42 Å². The Kier molecular flexibility index (Phi) is 2.73. The molecule has 0 saturated heterocycles. The zero-order valence-corrected chi connectivity index (χ0v) is 7.98. The monoisotopic (exact) mass is 208 g/mol. The highest BCUT2D eigenvalue weighted by Gasteiger charge is 1.96. The fraction of sp³-hybridized carbons (Fsp3) is 0.200. The van der Waals surface area contributed by atoms with Crippen molar-refractivity contribution in [3.63, 3.8) is 0 Å². The topological polar surface area (TPSA) is 0 Å². The van der Waals surface area contributed by atoms with E-state index in [1.807, 2.05) is 6.07 Å². The van der Waals surface area contributed by atoms with Crippen LogP contribution in [0, 0.1) is 19.3 Å². The number of hydrogen-bond donors (Lipinski definition) is 0. The van der Waals surface area contributed by atoms with Crippen LogP contribution in [0.3, 0.4) is 0 Å². The van der Waals surface area contributed by atoms with Gasteiger partial charge >= 0.3 is 0 Å². The molecule has 1 aromatic rings. The van der Waals surface area contributed by atoms with Crippen LogP contribution < -0.4 is 0 Å². The molecule has 0 unspecified atom stereocenters. The first-order valence-electron chi connectivity index (χ1n) is 3.42. The number of benzene rings is 1. The molecule has 11 heavy (non-hydrogen) atoms. The van der Waals surface area contributed by atoms with Gasteiger partial charge in [-0.05, 0) is 18.6 Å². The maximum atomic E-state index is 5.21. The quantitative estimate of drug-likeness (QED) is 0.624. The minimum absolute atomic E-state index is 0.697. The summed E-state index contributed by atoms with van der Waals surface area (Å²) >= 11 is 3.44. The van der Waals surface area contributed by atoms with Crippen molar-refractivity contribution in [2.75, 3.05) is 0 Å². The van der Waals surface area contributed by atoms with Crippen molar-refractivity contribution in [2.45, 2.75) is 13.3 Å². The molecule has 1 heteroatoms. The molecule has 0 aliphatic heterocycles. The molecular formula is C10H9Br. The summed E-state index contributed by atoms with van der Waals surface area (Å²) in [4.78, 5) is 0. The molecule has 0 heterocycles. The van der Waals surface area contributed by atoms with Gasteiger partial charge in [0.1, 0.15) is 0 Å². The number of aryl methyl sites for hydroxylation is 1. The summed E-state index contributed by atoms with van der Waals surface area (Å²) in [5.74, 6) is 2.62. The second-order valence-corrected chi connectivity index (χ2v) is 3.33. The summed E-state index contributed by atoms with van der Waals surface area (Å²) in [6.45, 7) is 2.06. The summed E-state index contributed by atoms with van der Waals surface area (Å²) in [5, 5.41) is 0. The molecule has 1 rings (SSSR count). The highest BCUT2D eigenvalue weighted by molar-refractivity contribution is 9.10. The third kappa shape index (κ3) is 2.10. The molecule has 0 aliphatic carbocycles. The molecule has 0 N–H and O–H groups in total. The van der Waals surface area contributed by atoms with Crippen molar-refractivity contribution in [3.8, 4) is 12.3 Å². The molecule has 0 atom stereocenters. The van der Waals surface area contributed by atoms with Crippen LogP contribution >= 0.6 is 15.9 Å². The first-order chi connectivity index (χ1) is 5.24. The molecule has 0 amide bonds. The second kappa shape index (κ2) is 3.59. The standard InChI is InChI=1S/C10H9Br/c1-3-4-9-7-8(2)5-6-10(9)11/h1,5-7H,4H2,2H3. The average Bonchev–Trinajstić information content (AvgIpc) is 1.98. The van der Waals surface area contributed by atoms with E-state index in [0.717, 1.165) is 4.47 Å². The lowest BCUT2D eigenvalue weighted by Gasteiger charge is -2.00. The normalized spacial score (nSPS) is 9.18. The molecule has 0 radical (unpaired) electrons. The fourth-order valence-electron chi connectivity index (χ4n) is 0.949. The average molecular weight is 209 g/mol. The van der Waals surface area contributed by atoms with Crippen LogP contribution in [0.4, 0.5) is 0 Å². The van der Waals surface area contributed by atoms with Crippen molar-refractivity contribution in [1.29, 1.82) is 0 Å². The van der Waals surface area contributed by atoms with Crippen molar-refractivity contribution < 1.29 is 0 Å². The summed E-state index contributed by atoms with van der Waals surface area (Å²) in [5.41, 5.74) is 2.44. The maximum absolute atomic E-state index is 5.21. The van der Waals surface area contributed by atoms with Gasteiger partial charge in [0, 0.05) is 10.9 Å². The number of hydrogen-bond acceptors (Lipinski definition) is 0. The maximum Gasteiger partial charge on any atom is 0.0349 e. The van der Waals surface area contributed by atoms with Gasteiger partial charge in [0.2, 0.25) is 0 Å². The third-order valence-corrected chi connectivity index (χ3v) is 2.27. The van der Waals surface area contributed by atoms with E-state index < -0.39 is 0 Å². The molecule has 0 aromatic heterocycles. The lowest BCUT2D eigenvalue weighted by molar-refractivity contribution is 1.27. The van der Waals surface area contributed by atoms with Gasteiger partial charge in [0.15, 0.2) is 0 Å². The molecule has 1 aromatic carbocycles. The number of halogens is 1. The molecule has 0 fully saturated rings. The summed E-state index contributed by atoms with van der Waals surface area (Å²) in [7, 11) is 0. The van der Waals surface area contributed by atoms with Gasteiger partial charge in [0.25, 0.3) is 0 Å². The van der Waals surface area contributed by atoms with E-state index in [1.165, 1.54) is 11.1 Å². The van der Waals surface area contributed by atoms with E-state index in [1.54, 1.807) is 0 Å². The Hall–Kier alpha value is -0.740. The predicted octanol–water partition coefficient (Wildman–Crippen LogP) is 2.93. The first-order valence-corrected chi connectivity index (χ1v) is 4.22. The van der Waals surface area contributed by atoms with E-state index in [2.05, 4.69) is 40.9 Å². The minimum atomic E-state index is 0.697. The van der Waals surface area contributed by atoms with E-state index in [4.69, 9.17) is 6.42 Å². The highest BCUT2D eigenvalue weighted by atomic mass is 79.9.